The molecule has 1 rings (SSSR count). The van der Waals surface area contributed by atoms with Crippen LogP contribution in [0.2, 0.25) is 0 Å². The van der Waals surface area contributed by atoms with Gasteiger partial charge in [0.2, 0.25) is 0 Å². The minimum absolute atomic E-state index is 0. The summed E-state index contributed by atoms with van der Waals surface area (Å²) in [5, 5.41) is 6.59. The van der Waals surface area contributed by atoms with Crippen molar-refractivity contribution in [3.63, 3.8) is 0 Å². The summed E-state index contributed by atoms with van der Waals surface area (Å²) in [4.78, 5) is 15.2. The van der Waals surface area contributed by atoms with E-state index in [0.717, 1.165) is 38.3 Å². The molecule has 0 bridgehead atoms. The van der Waals surface area contributed by atoms with E-state index >= 15 is 0 Å². The van der Waals surface area contributed by atoms with E-state index in [2.05, 4.69) is 39.4 Å². The first-order valence-corrected chi connectivity index (χ1v) is 7.73. The van der Waals surface area contributed by atoms with Crippen LogP contribution in [-0.2, 0) is 16.1 Å². The van der Waals surface area contributed by atoms with Gasteiger partial charge >= 0.3 is 5.97 Å². The van der Waals surface area contributed by atoms with Crippen molar-refractivity contribution >= 4 is 35.9 Å². The van der Waals surface area contributed by atoms with E-state index in [1.54, 1.807) is 7.05 Å². The molecule has 0 aliphatic carbocycles. The van der Waals surface area contributed by atoms with Gasteiger partial charge in [-0.15, -0.1) is 24.0 Å². The molecule has 0 saturated carbocycles. The second-order valence-corrected chi connectivity index (χ2v) is 5.17. The molecule has 0 fully saturated rings. The van der Waals surface area contributed by atoms with Gasteiger partial charge in [-0.05, 0) is 30.9 Å². The maximum Gasteiger partial charge on any atom is 0.305 e. The van der Waals surface area contributed by atoms with E-state index < -0.39 is 0 Å². The summed E-state index contributed by atoms with van der Waals surface area (Å²) < 4.78 is 4.61. The van der Waals surface area contributed by atoms with Crippen LogP contribution in [0.5, 0.6) is 0 Å². The van der Waals surface area contributed by atoms with Crippen LogP contribution in [0.15, 0.2) is 29.3 Å². The molecule has 1 aromatic carbocycles. The van der Waals surface area contributed by atoms with Crippen LogP contribution in [0, 0.1) is 6.92 Å². The Bertz CT molecular complexity index is 492. The van der Waals surface area contributed by atoms with Crippen molar-refractivity contribution in [1.82, 2.24) is 10.6 Å². The Kier molecular flexibility index (Phi) is 12.4. The number of guanidine groups is 1. The molecule has 2 N–H and O–H groups in total. The Morgan fingerprint density at radius 2 is 1.91 bits per heavy atom. The molecule has 0 aliphatic rings. The molecule has 0 amide bonds. The van der Waals surface area contributed by atoms with E-state index in [0.29, 0.717) is 6.42 Å². The predicted molar refractivity (Wildman–Crippen MR) is 105 cm³/mol. The molecular weight excluding hydrogens is 405 g/mol. The molecule has 0 aliphatic heterocycles. The van der Waals surface area contributed by atoms with Gasteiger partial charge in [-0.2, -0.15) is 0 Å². The number of methoxy groups -OCH3 is 1. The highest BCUT2D eigenvalue weighted by Gasteiger charge is 2.01. The summed E-state index contributed by atoms with van der Waals surface area (Å²) in [6.07, 6.45) is 3.36. The van der Waals surface area contributed by atoms with Gasteiger partial charge in [0, 0.05) is 26.6 Å². The summed E-state index contributed by atoms with van der Waals surface area (Å²) in [5.41, 5.74) is 2.54. The zero-order valence-corrected chi connectivity index (χ0v) is 16.6. The number of carbonyl (C=O) groups is 1. The van der Waals surface area contributed by atoms with Gasteiger partial charge in [0.15, 0.2) is 5.96 Å². The number of hydrogen-bond acceptors (Lipinski definition) is 3. The molecule has 130 valence electrons. The van der Waals surface area contributed by atoms with Crippen LogP contribution in [0.4, 0.5) is 0 Å². The fourth-order valence-corrected chi connectivity index (χ4v) is 2.09. The highest BCUT2D eigenvalue weighted by molar-refractivity contribution is 14.0. The van der Waals surface area contributed by atoms with Crippen LogP contribution in [-0.4, -0.2) is 32.6 Å². The number of rotatable bonds is 8. The smallest absolute Gasteiger partial charge is 0.305 e. The number of aryl methyl sites for hydroxylation is 1. The van der Waals surface area contributed by atoms with E-state index in [1.807, 2.05) is 12.1 Å². The first kappa shape index (κ1) is 21.7. The van der Waals surface area contributed by atoms with Gasteiger partial charge in [0.05, 0.1) is 7.11 Å². The first-order valence-electron chi connectivity index (χ1n) is 7.73. The molecule has 6 heteroatoms. The fraction of sp³-hybridized carbons (Fsp3) is 0.529. The van der Waals surface area contributed by atoms with Crippen LogP contribution in [0.25, 0.3) is 0 Å². The van der Waals surface area contributed by atoms with E-state index in [1.165, 1.54) is 18.2 Å². The minimum Gasteiger partial charge on any atom is -0.469 e. The van der Waals surface area contributed by atoms with Crippen LogP contribution in [0.1, 0.15) is 36.8 Å². The molecule has 0 atom stereocenters. The number of aliphatic imine (C=N–C) groups is 1. The number of nitrogens with one attached hydrogen (secondary N) is 2. The van der Waals surface area contributed by atoms with E-state index in [-0.39, 0.29) is 29.9 Å². The van der Waals surface area contributed by atoms with Crippen molar-refractivity contribution in [3.05, 3.63) is 35.4 Å². The van der Waals surface area contributed by atoms with Gasteiger partial charge in [-0.25, -0.2) is 0 Å². The highest BCUT2D eigenvalue weighted by atomic mass is 127. The number of halogens is 1. The molecule has 0 unspecified atom stereocenters. The number of hydrogen-bond donors (Lipinski definition) is 2. The lowest BCUT2D eigenvalue weighted by molar-refractivity contribution is -0.140. The maximum absolute atomic E-state index is 11.0. The van der Waals surface area contributed by atoms with Crippen LogP contribution in [0.3, 0.4) is 0 Å². The summed E-state index contributed by atoms with van der Waals surface area (Å²) >= 11 is 0. The van der Waals surface area contributed by atoms with Gasteiger partial charge in [-0.1, -0.05) is 30.7 Å². The molecule has 0 aromatic heterocycles. The Labute approximate surface area is 156 Å². The Morgan fingerprint density at radius 1 is 1.17 bits per heavy atom. The lowest BCUT2D eigenvalue weighted by atomic mass is 10.1. The molecule has 0 radical (unpaired) electrons. The average Bonchev–Trinajstić information content (AvgIpc) is 2.54. The topological polar surface area (TPSA) is 62.7 Å². The molecule has 0 heterocycles. The van der Waals surface area contributed by atoms with Crippen molar-refractivity contribution in [2.45, 2.75) is 39.2 Å². The third kappa shape index (κ3) is 9.43. The van der Waals surface area contributed by atoms with E-state index in [9.17, 15) is 4.79 Å². The van der Waals surface area contributed by atoms with Crippen molar-refractivity contribution in [1.29, 1.82) is 0 Å². The maximum atomic E-state index is 11.0. The van der Waals surface area contributed by atoms with Crippen molar-refractivity contribution in [2.75, 3.05) is 20.7 Å². The normalized spacial score (nSPS) is 10.7. The summed E-state index contributed by atoms with van der Waals surface area (Å²) in [5.74, 6) is 0.667. The molecule has 5 nitrogen and oxygen atoms in total. The van der Waals surface area contributed by atoms with Crippen LogP contribution >= 0.6 is 24.0 Å². The standard InChI is InChI=1S/C17H27N3O2.HI/c1-14-9-6-7-10-15(14)13-20-17(18-2)19-12-8-4-5-11-16(21)22-3;/h6-7,9-10H,4-5,8,11-13H2,1-3H3,(H2,18,19,20);1H. The minimum atomic E-state index is -0.135. The zero-order chi connectivity index (χ0) is 16.2. The third-order valence-electron chi connectivity index (χ3n) is 3.51. The molecular formula is C17H28IN3O2. The van der Waals surface area contributed by atoms with Crippen molar-refractivity contribution in [3.8, 4) is 0 Å². The number of nitrogens with zero attached hydrogens (tertiary/aromatic N) is 1. The molecule has 0 spiro atoms. The number of carbonyl (C=O) groups excluding carboxylic acids is 1. The lowest BCUT2D eigenvalue weighted by Gasteiger charge is -2.13. The number of benzene rings is 1. The Balaban J connectivity index is 0.00000484. The lowest BCUT2D eigenvalue weighted by Crippen LogP contribution is -2.37. The SMILES string of the molecule is CN=C(NCCCCCC(=O)OC)NCc1ccccc1C.I. The highest BCUT2D eigenvalue weighted by Crippen LogP contribution is 2.06. The van der Waals surface area contributed by atoms with E-state index in [4.69, 9.17) is 0 Å². The van der Waals surface area contributed by atoms with Gasteiger partial charge in [-0.3, -0.25) is 9.79 Å². The van der Waals surface area contributed by atoms with Crippen molar-refractivity contribution in [2.24, 2.45) is 4.99 Å². The average molecular weight is 433 g/mol. The predicted octanol–water partition coefficient (Wildman–Crippen LogP) is 3.01. The largest absolute Gasteiger partial charge is 0.469 e. The molecule has 23 heavy (non-hydrogen) atoms. The third-order valence-corrected chi connectivity index (χ3v) is 3.51. The quantitative estimate of drug-likeness (QED) is 0.218. The fourth-order valence-electron chi connectivity index (χ4n) is 2.09. The van der Waals surface area contributed by atoms with Crippen LogP contribution < -0.4 is 10.6 Å². The zero-order valence-electron chi connectivity index (χ0n) is 14.2. The second-order valence-electron chi connectivity index (χ2n) is 5.17. The number of esters is 1. The number of ether oxygens (including phenoxy) is 1. The Morgan fingerprint density at radius 3 is 2.57 bits per heavy atom. The van der Waals surface area contributed by atoms with Gasteiger partial charge < -0.3 is 15.4 Å². The summed E-state index contributed by atoms with van der Waals surface area (Å²) in [6.45, 7) is 3.71. The van der Waals surface area contributed by atoms with Crippen molar-refractivity contribution < 1.29 is 9.53 Å². The monoisotopic (exact) mass is 433 g/mol. The molecule has 0 saturated heterocycles. The second kappa shape index (κ2) is 13.2. The Hall–Kier alpha value is -1.31. The first-order chi connectivity index (χ1) is 10.7. The molecule has 1 aromatic rings. The van der Waals surface area contributed by atoms with Gasteiger partial charge in [0.1, 0.15) is 0 Å². The summed E-state index contributed by atoms with van der Waals surface area (Å²) in [6, 6.07) is 8.30. The van der Waals surface area contributed by atoms with Gasteiger partial charge in [0.25, 0.3) is 0 Å². The summed E-state index contributed by atoms with van der Waals surface area (Å²) in [7, 11) is 3.19. The number of unbranched alkanes of at least 4 members (excludes halogenated alkanes) is 2.